The van der Waals surface area contributed by atoms with Gasteiger partial charge in [-0.05, 0) is 170 Å². The lowest BCUT2D eigenvalue weighted by Gasteiger charge is -2.43. The summed E-state index contributed by atoms with van der Waals surface area (Å²) < 4.78 is 0. The first kappa shape index (κ1) is 76.8. The van der Waals surface area contributed by atoms with Gasteiger partial charge in [0.2, 0.25) is 5.91 Å². The van der Waals surface area contributed by atoms with E-state index in [0.29, 0.717) is 30.8 Å². The van der Waals surface area contributed by atoms with Crippen LogP contribution in [0.15, 0.2) is 0 Å². The van der Waals surface area contributed by atoms with E-state index in [2.05, 4.69) is 164 Å². The van der Waals surface area contributed by atoms with Gasteiger partial charge in [-0.1, -0.05) is 13.8 Å². The van der Waals surface area contributed by atoms with Gasteiger partial charge in [-0.3, -0.25) is 29.8 Å². The SMILES string of the molecule is CC(C)C(=O)NN1CCN(C)CC1.CC(C)N(C)CCO.CC(C)N1CCC(C)(O)CC1.CC(C)N1CCC(N2CCN(C)CC2)CC1.CC(C)N1CCC(O)CC1.CC(C)N1CCN(C)CC1.CC(C)N1CCN(CCO)CC1. The first-order valence-electron chi connectivity index (χ1n) is 32.2. The van der Waals surface area contributed by atoms with Crippen molar-refractivity contribution in [3.63, 3.8) is 0 Å². The van der Waals surface area contributed by atoms with Crippen LogP contribution in [0.5, 0.6) is 0 Å². The van der Waals surface area contributed by atoms with E-state index in [1.165, 1.54) is 78.3 Å². The summed E-state index contributed by atoms with van der Waals surface area (Å²) in [6, 6.07) is 4.81. The zero-order valence-electron chi connectivity index (χ0n) is 55.9. The molecule has 0 spiro atoms. The van der Waals surface area contributed by atoms with Crippen LogP contribution in [0.3, 0.4) is 0 Å². The fraction of sp³-hybridized carbons (Fsp3) is 0.984. The van der Waals surface area contributed by atoms with Gasteiger partial charge in [-0.15, -0.1) is 0 Å². The lowest BCUT2D eigenvalue weighted by Crippen LogP contribution is -2.53. The molecule has 0 radical (unpaired) electrons. The largest absolute Gasteiger partial charge is 0.395 e. The average molecular weight is 1140 g/mol. The predicted molar refractivity (Wildman–Crippen MR) is 339 cm³/mol. The number of likely N-dealkylation sites (tertiary alicyclic amines) is 3. The Morgan fingerprint density at radius 3 is 1.20 bits per heavy atom. The summed E-state index contributed by atoms with van der Waals surface area (Å²) in [4.78, 5) is 38.0. The van der Waals surface area contributed by atoms with Gasteiger partial charge in [0.05, 0.1) is 24.9 Å². The second kappa shape index (κ2) is 42.6. The van der Waals surface area contributed by atoms with Crippen molar-refractivity contribution in [3.05, 3.63) is 0 Å². The third-order valence-corrected chi connectivity index (χ3v) is 17.6. The van der Waals surface area contributed by atoms with E-state index in [1.807, 2.05) is 32.8 Å². The molecule has 478 valence electrons. The highest BCUT2D eigenvalue weighted by Crippen LogP contribution is 2.22. The maximum atomic E-state index is 11.3. The van der Waals surface area contributed by atoms with Gasteiger partial charge >= 0.3 is 0 Å². The second-order valence-corrected chi connectivity index (χ2v) is 26.5. The minimum Gasteiger partial charge on any atom is -0.395 e. The molecule has 18 heteroatoms. The third-order valence-electron chi connectivity index (χ3n) is 17.6. The number of piperidine rings is 3. The Hall–Kier alpha value is -1.17. The van der Waals surface area contributed by atoms with Crippen LogP contribution in [0.4, 0.5) is 0 Å². The third kappa shape index (κ3) is 34.7. The van der Waals surface area contributed by atoms with Crippen LogP contribution in [-0.4, -0.2) is 338 Å². The molecular formula is C62H135N13O5. The Kier molecular flexibility index (Phi) is 40.9. The number of rotatable bonds is 13. The van der Waals surface area contributed by atoms with E-state index in [-0.39, 0.29) is 24.5 Å². The Balaban J connectivity index is 0.000000471. The first-order valence-corrected chi connectivity index (χ1v) is 32.2. The molecule has 7 heterocycles. The van der Waals surface area contributed by atoms with Crippen molar-refractivity contribution in [3.8, 4) is 0 Å². The lowest BCUT2D eigenvalue weighted by molar-refractivity contribution is -0.129. The Bertz CT molecular complexity index is 1430. The molecule has 1 amide bonds. The Morgan fingerprint density at radius 1 is 0.500 bits per heavy atom. The van der Waals surface area contributed by atoms with Crippen molar-refractivity contribution in [2.75, 3.05) is 198 Å². The van der Waals surface area contributed by atoms with Crippen LogP contribution < -0.4 is 5.43 Å². The summed E-state index contributed by atoms with van der Waals surface area (Å²) in [7, 11) is 8.53. The van der Waals surface area contributed by atoms with E-state index in [1.54, 1.807) is 0 Å². The lowest BCUT2D eigenvalue weighted by atomic mass is 9.93. The second-order valence-electron chi connectivity index (χ2n) is 26.5. The molecule has 18 nitrogen and oxygen atoms in total. The molecule has 0 aromatic heterocycles. The number of carbonyl (C=O) groups excluding carboxylic acids is 1. The minimum atomic E-state index is -0.397. The van der Waals surface area contributed by atoms with Crippen molar-refractivity contribution < 1.29 is 25.2 Å². The number of nitrogens with zero attached hydrogens (tertiary/aromatic N) is 12. The fourth-order valence-corrected chi connectivity index (χ4v) is 10.5. The molecule has 7 aliphatic rings. The maximum absolute atomic E-state index is 11.3. The quantitative estimate of drug-likeness (QED) is 0.180. The Morgan fingerprint density at radius 2 is 0.850 bits per heavy atom. The number of hydrogen-bond donors (Lipinski definition) is 5. The Labute approximate surface area is 494 Å². The zero-order valence-corrected chi connectivity index (χ0v) is 55.9. The minimum absolute atomic E-state index is 0.0324. The molecule has 7 aliphatic heterocycles. The van der Waals surface area contributed by atoms with Gasteiger partial charge in [-0.2, -0.15) is 0 Å². The van der Waals surface area contributed by atoms with Gasteiger partial charge in [0.25, 0.3) is 0 Å². The first-order chi connectivity index (χ1) is 37.6. The van der Waals surface area contributed by atoms with Crippen molar-refractivity contribution >= 4 is 5.91 Å². The number of likely N-dealkylation sites (N-methyl/N-ethyl adjacent to an activating group) is 4. The topological polar surface area (TPSA) is 149 Å². The number of hydrogen-bond acceptors (Lipinski definition) is 17. The van der Waals surface area contributed by atoms with Crippen LogP contribution in [-0.2, 0) is 4.79 Å². The number of aliphatic hydroxyl groups excluding tert-OH is 3. The number of nitrogens with one attached hydrogen (secondary N) is 1. The predicted octanol–water partition coefficient (Wildman–Crippen LogP) is 4.09. The standard InChI is InChI=1S/C13H27N3.C9H19N3O.C9H20N2O.C9H19NO.C8H18N2.C8H17NO.C6H15NO/c1-12(2)15-6-4-13(5-7-15)16-10-8-14(3)9-11-16;1-8(2)9(13)10-12-6-4-11(3)5-7-12;1-9(2)11-5-3-10(4-6-11)7-8-12;1-8(2)10-6-4-9(3,11)5-7-10;1-8(2)10-6-4-9(3)5-7-10;1-7(2)9-5-3-8(10)4-6-9;1-6(2)7(3)4-5-8/h12-13H,4-11H2,1-3H3;8H,4-7H2,1-3H3,(H,10,13);9,12H,3-8H2,1-2H3;8,11H,4-7H2,1-3H3;8H,4-7H2,1-3H3;7-8,10H,3-6H2,1-2H3;6,8H,4-5H2,1-3H3. The van der Waals surface area contributed by atoms with Crippen LogP contribution in [0, 0.1) is 5.92 Å². The summed E-state index contributed by atoms with van der Waals surface area (Å²) in [6.45, 7) is 59.9. The molecule has 0 aromatic rings. The summed E-state index contributed by atoms with van der Waals surface area (Å²) >= 11 is 0. The molecule has 0 saturated carbocycles. The number of carbonyl (C=O) groups is 1. The van der Waals surface area contributed by atoms with E-state index < -0.39 is 5.60 Å². The van der Waals surface area contributed by atoms with E-state index in [0.717, 1.165) is 135 Å². The highest BCUT2D eigenvalue weighted by molar-refractivity contribution is 5.77. The normalized spacial score (nSPS) is 22.9. The van der Waals surface area contributed by atoms with Gasteiger partial charge in [0.1, 0.15) is 0 Å². The number of piperazine rings is 4. The molecule has 7 rings (SSSR count). The molecule has 7 saturated heterocycles. The average Bonchev–Trinajstić information content (AvgIpc) is 3.41. The van der Waals surface area contributed by atoms with Gasteiger partial charge in [0, 0.05) is 192 Å². The highest BCUT2D eigenvalue weighted by Gasteiger charge is 2.29. The molecule has 0 aliphatic carbocycles. The molecule has 0 aromatic carbocycles. The van der Waals surface area contributed by atoms with E-state index in [4.69, 9.17) is 10.2 Å². The van der Waals surface area contributed by atoms with E-state index in [9.17, 15) is 15.0 Å². The van der Waals surface area contributed by atoms with Gasteiger partial charge in [-0.25, -0.2) is 5.01 Å². The van der Waals surface area contributed by atoms with Crippen LogP contribution in [0.1, 0.15) is 142 Å². The van der Waals surface area contributed by atoms with Gasteiger partial charge in [0.15, 0.2) is 0 Å². The summed E-state index contributed by atoms with van der Waals surface area (Å²) in [5.41, 5.74) is 2.51. The number of hydrazine groups is 1. The van der Waals surface area contributed by atoms with Crippen molar-refractivity contribution in [2.24, 2.45) is 5.92 Å². The highest BCUT2D eigenvalue weighted by atomic mass is 16.3. The van der Waals surface area contributed by atoms with Crippen LogP contribution in [0.25, 0.3) is 0 Å². The van der Waals surface area contributed by atoms with Crippen molar-refractivity contribution in [2.45, 2.75) is 196 Å². The van der Waals surface area contributed by atoms with Crippen molar-refractivity contribution in [1.29, 1.82) is 0 Å². The molecule has 5 N–H and O–H groups in total. The summed E-state index contributed by atoms with van der Waals surface area (Å²) in [6.07, 6.45) is 6.48. The molecule has 0 bridgehead atoms. The molecule has 0 unspecified atom stereocenters. The summed E-state index contributed by atoms with van der Waals surface area (Å²) in [5, 5.41) is 38.0. The van der Waals surface area contributed by atoms with Crippen molar-refractivity contribution in [1.82, 2.24) is 64.3 Å². The molecule has 7 fully saturated rings. The fourth-order valence-electron chi connectivity index (χ4n) is 10.5. The summed E-state index contributed by atoms with van der Waals surface area (Å²) in [5.74, 6) is 0.184. The molecular weight excluding hydrogens is 1010 g/mol. The van der Waals surface area contributed by atoms with Gasteiger partial charge < -0.3 is 54.7 Å². The van der Waals surface area contributed by atoms with Crippen LogP contribution in [0.2, 0.25) is 0 Å². The number of β-amino-alcohol motifs (C(OH)–C–C–N with tert-alkyl or cyclic N) is 1. The van der Waals surface area contributed by atoms with E-state index >= 15 is 0 Å². The smallest absolute Gasteiger partial charge is 0.236 e. The molecule has 80 heavy (non-hydrogen) atoms. The maximum Gasteiger partial charge on any atom is 0.236 e. The molecule has 0 atom stereocenters. The number of amides is 1. The monoisotopic (exact) mass is 1140 g/mol. The number of aliphatic hydroxyl groups is 4. The zero-order chi connectivity index (χ0) is 60.5. The van der Waals surface area contributed by atoms with Crippen LogP contribution >= 0.6 is 0 Å².